The van der Waals surface area contributed by atoms with Crippen LogP contribution in [0, 0.1) is 5.41 Å². The van der Waals surface area contributed by atoms with Crippen LogP contribution in [0.25, 0.3) is 5.69 Å². The van der Waals surface area contributed by atoms with Gasteiger partial charge in [-0.3, -0.25) is 4.79 Å². The zero-order valence-corrected chi connectivity index (χ0v) is 14.0. The number of benzene rings is 1. The van der Waals surface area contributed by atoms with Crippen LogP contribution >= 0.6 is 0 Å². The van der Waals surface area contributed by atoms with Crippen molar-refractivity contribution in [2.45, 2.75) is 38.6 Å². The van der Waals surface area contributed by atoms with Crippen molar-refractivity contribution in [1.29, 1.82) is 0 Å². The fraction of sp³-hybridized carbons (Fsp3) is 0.500. The molecule has 126 valence electrons. The van der Waals surface area contributed by atoms with E-state index in [2.05, 4.69) is 15.5 Å². The van der Waals surface area contributed by atoms with Crippen LogP contribution in [0.15, 0.2) is 36.5 Å². The second kappa shape index (κ2) is 5.92. The molecule has 2 aromatic rings. The van der Waals surface area contributed by atoms with Gasteiger partial charge >= 0.3 is 0 Å². The molecule has 1 N–H and O–H groups in total. The second-order valence-corrected chi connectivity index (χ2v) is 7.05. The summed E-state index contributed by atoms with van der Waals surface area (Å²) in [5, 5.41) is 11.8. The smallest absolute Gasteiger partial charge is 0.244 e. The Balaban J connectivity index is 1.36. The largest absolute Gasteiger partial charge is 0.356 e. The van der Waals surface area contributed by atoms with E-state index in [1.165, 1.54) is 12.8 Å². The number of likely N-dealkylation sites (tertiary alicyclic amines) is 1. The fourth-order valence-corrected chi connectivity index (χ4v) is 3.45. The summed E-state index contributed by atoms with van der Waals surface area (Å²) in [7, 11) is 0. The van der Waals surface area contributed by atoms with Gasteiger partial charge in [0.2, 0.25) is 5.91 Å². The molecule has 6 nitrogen and oxygen atoms in total. The molecule has 4 rings (SSSR count). The lowest BCUT2D eigenvalue weighted by molar-refractivity contribution is -0.133. The molecule has 1 aromatic heterocycles. The third kappa shape index (κ3) is 3.00. The minimum atomic E-state index is -0.292. The summed E-state index contributed by atoms with van der Waals surface area (Å²) in [4.78, 5) is 16.2. The third-order valence-electron chi connectivity index (χ3n) is 5.31. The van der Waals surface area contributed by atoms with Gasteiger partial charge in [-0.25, -0.2) is 0 Å². The molecule has 1 amide bonds. The molecule has 1 aliphatic heterocycles. The topological polar surface area (TPSA) is 63.1 Å². The molecule has 1 spiro atoms. The van der Waals surface area contributed by atoms with Crippen molar-refractivity contribution in [2.75, 3.05) is 18.4 Å². The van der Waals surface area contributed by atoms with Crippen LogP contribution < -0.4 is 5.32 Å². The number of rotatable bonds is 4. The van der Waals surface area contributed by atoms with Crippen LogP contribution in [0.2, 0.25) is 0 Å². The number of nitrogens with zero attached hydrogens (tertiary/aromatic N) is 4. The Labute approximate surface area is 141 Å². The number of aromatic nitrogens is 3. The first-order chi connectivity index (χ1) is 11.7. The third-order valence-corrected chi connectivity index (χ3v) is 5.31. The first-order valence-electron chi connectivity index (χ1n) is 8.68. The molecule has 2 heterocycles. The average Bonchev–Trinajstić information content (AvgIpc) is 3.20. The monoisotopic (exact) mass is 325 g/mol. The van der Waals surface area contributed by atoms with Crippen LogP contribution in [0.3, 0.4) is 0 Å². The normalized spacial score (nSPS) is 20.0. The number of carbonyl (C=O) groups excluding carboxylic acids is 1. The number of amides is 1. The first-order valence-corrected chi connectivity index (χ1v) is 8.68. The zero-order chi connectivity index (χ0) is 16.6. The van der Waals surface area contributed by atoms with E-state index in [0.717, 1.165) is 31.6 Å². The van der Waals surface area contributed by atoms with Crippen LogP contribution in [0.4, 0.5) is 5.82 Å². The van der Waals surface area contributed by atoms with Crippen molar-refractivity contribution in [2.24, 2.45) is 5.41 Å². The summed E-state index contributed by atoms with van der Waals surface area (Å²) >= 11 is 0. The van der Waals surface area contributed by atoms with Gasteiger partial charge in [-0.2, -0.15) is 5.10 Å². The Hall–Kier alpha value is -2.37. The predicted molar refractivity (Wildman–Crippen MR) is 91.9 cm³/mol. The van der Waals surface area contributed by atoms with E-state index in [0.29, 0.717) is 11.2 Å². The molecule has 1 aliphatic carbocycles. The van der Waals surface area contributed by atoms with Crippen molar-refractivity contribution < 1.29 is 4.79 Å². The number of hydrogen-bond acceptors (Lipinski definition) is 4. The Morgan fingerprint density at radius 1 is 1.17 bits per heavy atom. The van der Waals surface area contributed by atoms with E-state index in [4.69, 9.17) is 0 Å². The van der Waals surface area contributed by atoms with E-state index < -0.39 is 0 Å². The van der Waals surface area contributed by atoms with Crippen molar-refractivity contribution in [3.05, 3.63) is 36.5 Å². The molecule has 1 saturated heterocycles. The maximum absolute atomic E-state index is 12.6. The molecule has 0 radical (unpaired) electrons. The highest BCUT2D eigenvalue weighted by atomic mass is 16.2. The Morgan fingerprint density at radius 3 is 2.54 bits per heavy atom. The quantitative estimate of drug-likeness (QED) is 0.938. The average molecular weight is 325 g/mol. The van der Waals surface area contributed by atoms with E-state index >= 15 is 0 Å². The molecule has 1 aromatic carbocycles. The molecule has 2 fully saturated rings. The van der Waals surface area contributed by atoms with Crippen LogP contribution in [-0.4, -0.2) is 44.9 Å². The predicted octanol–water partition coefficient (Wildman–Crippen LogP) is 2.47. The van der Waals surface area contributed by atoms with E-state index in [1.807, 2.05) is 42.2 Å². The molecule has 1 saturated carbocycles. The fourth-order valence-electron chi connectivity index (χ4n) is 3.45. The van der Waals surface area contributed by atoms with Gasteiger partial charge in [0, 0.05) is 13.1 Å². The molecule has 2 aliphatic rings. The van der Waals surface area contributed by atoms with Crippen LogP contribution in [-0.2, 0) is 4.79 Å². The minimum absolute atomic E-state index is 0.153. The maximum Gasteiger partial charge on any atom is 0.244 e. The van der Waals surface area contributed by atoms with Crippen molar-refractivity contribution in [3.8, 4) is 5.69 Å². The Bertz CT molecular complexity index is 712. The van der Waals surface area contributed by atoms with E-state index in [-0.39, 0.29) is 11.9 Å². The first kappa shape index (κ1) is 15.2. The summed E-state index contributed by atoms with van der Waals surface area (Å²) in [6.45, 7) is 3.68. The summed E-state index contributed by atoms with van der Waals surface area (Å²) < 4.78 is 0. The maximum atomic E-state index is 12.6. The van der Waals surface area contributed by atoms with Gasteiger partial charge in [0.15, 0.2) is 5.82 Å². The van der Waals surface area contributed by atoms with Crippen LogP contribution in [0.5, 0.6) is 0 Å². The molecular formula is C18H23N5O. The number of piperidine rings is 1. The molecule has 6 heteroatoms. The highest BCUT2D eigenvalue weighted by Gasteiger charge is 2.45. The van der Waals surface area contributed by atoms with Gasteiger partial charge in [0.25, 0.3) is 0 Å². The van der Waals surface area contributed by atoms with Gasteiger partial charge in [-0.1, -0.05) is 18.2 Å². The number of hydrogen-bond donors (Lipinski definition) is 1. The van der Waals surface area contributed by atoms with Crippen molar-refractivity contribution in [3.63, 3.8) is 0 Å². The molecular weight excluding hydrogens is 302 g/mol. The molecule has 1 unspecified atom stereocenters. The summed E-state index contributed by atoms with van der Waals surface area (Å²) in [6, 6.07) is 9.44. The Morgan fingerprint density at radius 2 is 1.88 bits per heavy atom. The van der Waals surface area contributed by atoms with Crippen LogP contribution in [0.1, 0.15) is 32.6 Å². The highest BCUT2D eigenvalue weighted by molar-refractivity contribution is 5.84. The lowest BCUT2D eigenvalue weighted by Gasteiger charge is -2.33. The lowest BCUT2D eigenvalue weighted by atomic mass is 9.93. The molecule has 24 heavy (non-hydrogen) atoms. The zero-order valence-electron chi connectivity index (χ0n) is 14.0. The molecule has 0 bridgehead atoms. The van der Waals surface area contributed by atoms with Crippen molar-refractivity contribution in [1.82, 2.24) is 19.9 Å². The van der Waals surface area contributed by atoms with E-state index in [1.54, 1.807) is 11.0 Å². The Kier molecular flexibility index (Phi) is 3.75. The van der Waals surface area contributed by atoms with E-state index in [9.17, 15) is 4.79 Å². The van der Waals surface area contributed by atoms with Crippen molar-refractivity contribution >= 4 is 11.7 Å². The second-order valence-electron chi connectivity index (χ2n) is 7.05. The number of anilines is 1. The standard InChI is InChI=1S/C18H23N5O/c1-14(17(24)22-11-9-18(7-8-18)10-12-22)20-16-13-19-23(21-16)15-5-3-2-4-6-15/h2-6,13-14H,7-12H2,1H3,(H,20,21). The SMILES string of the molecule is CC(Nc1cnn(-c2ccccc2)n1)C(=O)N1CCC2(CC1)CC2. The number of carbonyl (C=O) groups is 1. The van der Waals surface area contributed by atoms with Gasteiger partial charge in [0.05, 0.1) is 11.9 Å². The molecule has 1 atom stereocenters. The number of para-hydroxylation sites is 1. The summed E-state index contributed by atoms with van der Waals surface area (Å²) in [6.07, 6.45) is 6.69. The number of nitrogens with one attached hydrogen (secondary N) is 1. The minimum Gasteiger partial charge on any atom is -0.356 e. The van der Waals surface area contributed by atoms with Gasteiger partial charge in [-0.15, -0.1) is 9.90 Å². The van der Waals surface area contributed by atoms with Gasteiger partial charge in [-0.05, 0) is 50.2 Å². The lowest BCUT2D eigenvalue weighted by Crippen LogP contribution is -2.45. The van der Waals surface area contributed by atoms with Gasteiger partial charge < -0.3 is 10.2 Å². The highest BCUT2D eigenvalue weighted by Crippen LogP contribution is 2.53. The summed E-state index contributed by atoms with van der Waals surface area (Å²) in [5.41, 5.74) is 1.49. The summed E-state index contributed by atoms with van der Waals surface area (Å²) in [5.74, 6) is 0.773. The van der Waals surface area contributed by atoms with Gasteiger partial charge in [0.1, 0.15) is 6.04 Å².